The standard InChI is InChI=1S/C17H24F2N2O2/c1-17(2,3)15(13-5-4-12(18)8-14(13)19)20-16(23)21-7-6-11(9-21)10-22/h4-5,8,11,15,22H,6-7,9-10H2,1-3H3,(H,20,23). The van der Waals surface area contributed by atoms with E-state index in [0.717, 1.165) is 12.5 Å². The summed E-state index contributed by atoms with van der Waals surface area (Å²) in [5, 5.41) is 12.0. The molecule has 0 saturated carbocycles. The Hall–Kier alpha value is -1.69. The molecule has 23 heavy (non-hydrogen) atoms. The van der Waals surface area contributed by atoms with Crippen LogP contribution in [0.15, 0.2) is 18.2 Å². The SMILES string of the molecule is CC(C)(C)C(NC(=O)N1CCC(CO)C1)c1ccc(F)cc1F. The normalized spacial score (nSPS) is 19.7. The molecule has 2 N–H and O–H groups in total. The lowest BCUT2D eigenvalue weighted by atomic mass is 9.82. The lowest BCUT2D eigenvalue weighted by Crippen LogP contribution is -2.44. The first-order chi connectivity index (χ1) is 10.7. The Labute approximate surface area is 135 Å². The molecule has 2 unspecified atom stereocenters. The largest absolute Gasteiger partial charge is 0.396 e. The van der Waals surface area contributed by atoms with Gasteiger partial charge in [0.2, 0.25) is 0 Å². The molecule has 1 aliphatic heterocycles. The number of hydrogen-bond acceptors (Lipinski definition) is 2. The first-order valence-corrected chi connectivity index (χ1v) is 7.83. The van der Waals surface area contributed by atoms with Gasteiger partial charge >= 0.3 is 6.03 Å². The Morgan fingerprint density at radius 2 is 2.13 bits per heavy atom. The molecule has 0 aromatic heterocycles. The lowest BCUT2D eigenvalue weighted by molar-refractivity contribution is 0.181. The first kappa shape index (κ1) is 17.7. The van der Waals surface area contributed by atoms with Crippen LogP contribution in [0.2, 0.25) is 0 Å². The second kappa shape index (κ2) is 6.83. The predicted molar refractivity (Wildman–Crippen MR) is 83.9 cm³/mol. The molecule has 1 fully saturated rings. The number of aliphatic hydroxyl groups is 1. The molecule has 1 saturated heterocycles. The summed E-state index contributed by atoms with van der Waals surface area (Å²) < 4.78 is 27.3. The highest BCUT2D eigenvalue weighted by Crippen LogP contribution is 2.34. The van der Waals surface area contributed by atoms with E-state index >= 15 is 0 Å². The van der Waals surface area contributed by atoms with Crippen molar-refractivity contribution in [3.05, 3.63) is 35.4 Å². The summed E-state index contributed by atoms with van der Waals surface area (Å²) in [4.78, 5) is 14.1. The number of likely N-dealkylation sites (tertiary alicyclic amines) is 1. The number of carbonyl (C=O) groups is 1. The number of rotatable bonds is 3. The van der Waals surface area contributed by atoms with Crippen molar-refractivity contribution in [3.63, 3.8) is 0 Å². The molecular weight excluding hydrogens is 302 g/mol. The highest BCUT2D eigenvalue weighted by molar-refractivity contribution is 5.75. The molecule has 1 aromatic carbocycles. The molecule has 0 aliphatic carbocycles. The van der Waals surface area contributed by atoms with Crippen LogP contribution in [0.25, 0.3) is 0 Å². The van der Waals surface area contributed by atoms with E-state index in [1.54, 1.807) is 4.90 Å². The zero-order valence-corrected chi connectivity index (χ0v) is 13.8. The molecule has 0 radical (unpaired) electrons. The molecule has 0 spiro atoms. The minimum Gasteiger partial charge on any atom is -0.396 e. The number of nitrogens with zero attached hydrogens (tertiary/aromatic N) is 1. The van der Waals surface area contributed by atoms with Crippen LogP contribution in [0.5, 0.6) is 0 Å². The summed E-state index contributed by atoms with van der Waals surface area (Å²) in [6.07, 6.45) is 0.759. The zero-order chi connectivity index (χ0) is 17.2. The van der Waals surface area contributed by atoms with E-state index in [2.05, 4.69) is 5.32 Å². The molecule has 1 heterocycles. The predicted octanol–water partition coefficient (Wildman–Crippen LogP) is 3.08. The molecule has 4 nitrogen and oxygen atoms in total. The molecular formula is C17H24F2N2O2. The van der Waals surface area contributed by atoms with Gasteiger partial charge in [-0.1, -0.05) is 26.8 Å². The van der Waals surface area contributed by atoms with Crippen LogP contribution < -0.4 is 5.32 Å². The van der Waals surface area contributed by atoms with Gasteiger partial charge in [0.15, 0.2) is 0 Å². The van der Waals surface area contributed by atoms with E-state index in [0.29, 0.717) is 13.1 Å². The number of aliphatic hydroxyl groups excluding tert-OH is 1. The number of halogens is 2. The Kier molecular flexibility index (Phi) is 5.24. The number of benzene rings is 1. The van der Waals surface area contributed by atoms with Gasteiger partial charge in [0, 0.05) is 37.2 Å². The molecule has 2 atom stereocenters. The van der Waals surface area contributed by atoms with Gasteiger partial charge in [-0.2, -0.15) is 0 Å². The monoisotopic (exact) mass is 326 g/mol. The molecule has 0 bridgehead atoms. The van der Waals surface area contributed by atoms with Crippen LogP contribution in [0.3, 0.4) is 0 Å². The van der Waals surface area contributed by atoms with Gasteiger partial charge in [0.25, 0.3) is 0 Å². The van der Waals surface area contributed by atoms with E-state index in [1.807, 2.05) is 20.8 Å². The molecule has 1 aliphatic rings. The van der Waals surface area contributed by atoms with E-state index in [1.165, 1.54) is 12.1 Å². The summed E-state index contributed by atoms with van der Waals surface area (Å²) in [6.45, 7) is 6.79. The molecule has 1 aromatic rings. The van der Waals surface area contributed by atoms with E-state index in [4.69, 9.17) is 0 Å². The van der Waals surface area contributed by atoms with Crippen molar-refractivity contribution in [1.29, 1.82) is 0 Å². The average molecular weight is 326 g/mol. The van der Waals surface area contributed by atoms with Crippen LogP contribution in [0.4, 0.5) is 13.6 Å². The fourth-order valence-electron chi connectivity index (χ4n) is 2.88. The number of urea groups is 1. The van der Waals surface area contributed by atoms with Crippen LogP contribution in [-0.4, -0.2) is 35.7 Å². The van der Waals surface area contributed by atoms with Crippen LogP contribution in [0, 0.1) is 23.0 Å². The van der Waals surface area contributed by atoms with Gasteiger partial charge in [-0.15, -0.1) is 0 Å². The Bertz CT molecular complexity index is 572. The van der Waals surface area contributed by atoms with E-state index in [9.17, 15) is 18.7 Å². The third kappa shape index (κ3) is 4.19. The van der Waals surface area contributed by atoms with E-state index < -0.39 is 23.1 Å². The Balaban J connectivity index is 2.18. The lowest BCUT2D eigenvalue weighted by Gasteiger charge is -2.33. The number of hydrogen-bond donors (Lipinski definition) is 2. The van der Waals surface area contributed by atoms with Gasteiger partial charge in [0.05, 0.1) is 6.04 Å². The number of amides is 2. The maximum Gasteiger partial charge on any atom is 0.317 e. The van der Waals surface area contributed by atoms with Gasteiger partial charge in [-0.3, -0.25) is 0 Å². The van der Waals surface area contributed by atoms with Gasteiger partial charge < -0.3 is 15.3 Å². The number of nitrogens with one attached hydrogen (secondary N) is 1. The summed E-state index contributed by atoms with van der Waals surface area (Å²) in [5.41, 5.74) is -0.171. The minimum absolute atomic E-state index is 0.0546. The van der Waals surface area contributed by atoms with E-state index in [-0.39, 0.29) is 24.1 Å². The highest BCUT2D eigenvalue weighted by Gasteiger charge is 2.33. The summed E-state index contributed by atoms with van der Waals surface area (Å²) in [5.74, 6) is -1.22. The fourth-order valence-corrected chi connectivity index (χ4v) is 2.88. The maximum absolute atomic E-state index is 14.1. The van der Waals surface area contributed by atoms with Crippen LogP contribution in [-0.2, 0) is 0 Å². The third-order valence-corrected chi connectivity index (χ3v) is 4.24. The molecule has 6 heteroatoms. The number of carbonyl (C=O) groups excluding carboxylic acids is 1. The Morgan fingerprint density at radius 1 is 1.43 bits per heavy atom. The second-order valence-electron chi connectivity index (χ2n) is 7.20. The summed E-state index contributed by atoms with van der Waals surface area (Å²) in [7, 11) is 0. The highest BCUT2D eigenvalue weighted by atomic mass is 19.1. The Morgan fingerprint density at radius 3 is 2.65 bits per heavy atom. The van der Waals surface area contributed by atoms with Crippen molar-refractivity contribution >= 4 is 6.03 Å². The van der Waals surface area contributed by atoms with Crippen molar-refractivity contribution in [2.75, 3.05) is 19.7 Å². The molecule has 2 amide bonds. The van der Waals surface area contributed by atoms with Crippen molar-refractivity contribution in [2.24, 2.45) is 11.3 Å². The molecule has 128 valence electrons. The van der Waals surface area contributed by atoms with Gasteiger partial charge in [-0.25, -0.2) is 13.6 Å². The smallest absolute Gasteiger partial charge is 0.317 e. The van der Waals surface area contributed by atoms with Crippen molar-refractivity contribution in [2.45, 2.75) is 33.2 Å². The van der Waals surface area contributed by atoms with Gasteiger partial charge in [-0.05, 0) is 17.9 Å². The third-order valence-electron chi connectivity index (χ3n) is 4.24. The van der Waals surface area contributed by atoms with Crippen molar-refractivity contribution in [3.8, 4) is 0 Å². The molecule has 2 rings (SSSR count). The summed E-state index contributed by atoms with van der Waals surface area (Å²) in [6, 6.07) is 2.54. The minimum atomic E-state index is -0.667. The average Bonchev–Trinajstić information content (AvgIpc) is 2.93. The van der Waals surface area contributed by atoms with Crippen LogP contribution in [0.1, 0.15) is 38.8 Å². The van der Waals surface area contributed by atoms with Crippen LogP contribution >= 0.6 is 0 Å². The maximum atomic E-state index is 14.1. The van der Waals surface area contributed by atoms with Crippen molar-refractivity contribution < 1.29 is 18.7 Å². The quantitative estimate of drug-likeness (QED) is 0.897. The zero-order valence-electron chi connectivity index (χ0n) is 13.8. The summed E-state index contributed by atoms with van der Waals surface area (Å²) >= 11 is 0. The second-order valence-corrected chi connectivity index (χ2v) is 7.20. The van der Waals surface area contributed by atoms with Gasteiger partial charge in [0.1, 0.15) is 11.6 Å². The first-order valence-electron chi connectivity index (χ1n) is 7.83. The van der Waals surface area contributed by atoms with Crippen molar-refractivity contribution in [1.82, 2.24) is 10.2 Å². The topological polar surface area (TPSA) is 52.6 Å². The fraction of sp³-hybridized carbons (Fsp3) is 0.588.